The first kappa shape index (κ1) is 17.5. The van der Waals surface area contributed by atoms with Crippen molar-refractivity contribution < 1.29 is 24.5 Å². The molecule has 0 bridgehead atoms. The van der Waals surface area contributed by atoms with Crippen molar-refractivity contribution >= 4 is 12.1 Å². The van der Waals surface area contributed by atoms with E-state index in [4.69, 9.17) is 9.84 Å². The number of carbonyl (C=O) groups is 2. The predicted octanol–water partition coefficient (Wildman–Crippen LogP) is 2.52. The summed E-state index contributed by atoms with van der Waals surface area (Å²) < 4.78 is 5.38. The Bertz CT molecular complexity index is 439. The molecule has 120 valence electrons. The first-order valence-corrected chi connectivity index (χ1v) is 7.18. The summed E-state index contributed by atoms with van der Waals surface area (Å²) in [7, 11) is 0. The third-order valence-corrected chi connectivity index (χ3v) is 4.01. The Morgan fingerprint density at radius 3 is 2.52 bits per heavy atom. The number of ether oxygens (including phenoxy) is 1. The van der Waals surface area contributed by atoms with Crippen LogP contribution in [0.5, 0.6) is 0 Å². The van der Waals surface area contributed by atoms with E-state index < -0.39 is 23.4 Å². The molecule has 1 amide bonds. The van der Waals surface area contributed by atoms with E-state index in [1.54, 1.807) is 13.8 Å². The van der Waals surface area contributed by atoms with Gasteiger partial charge in [0.25, 0.3) is 0 Å². The van der Waals surface area contributed by atoms with Crippen molar-refractivity contribution in [1.29, 1.82) is 0 Å². The predicted molar refractivity (Wildman–Crippen MR) is 77.8 cm³/mol. The van der Waals surface area contributed by atoms with E-state index in [1.807, 2.05) is 19.9 Å². The van der Waals surface area contributed by atoms with Gasteiger partial charge in [-0.3, -0.25) is 9.69 Å². The molecule has 0 unspecified atom stereocenters. The number of aliphatic hydroxyl groups is 1. The minimum atomic E-state index is -1.45. The highest BCUT2D eigenvalue weighted by atomic mass is 16.6. The van der Waals surface area contributed by atoms with Gasteiger partial charge in [-0.05, 0) is 47.0 Å². The standard InChI is InChI=1S/C15H25NO5/c1-11(2)7-5-9-14(3)15(4,20)16(13(19)21-14)10-6-8-12(17)18/h7,20H,5-6,8-10H2,1-4H3,(H,17,18)/t14-,15-/m0/s1. The number of aliphatic carboxylic acids is 1. The molecular formula is C15H25NO5. The largest absolute Gasteiger partial charge is 0.481 e. The first-order chi connectivity index (χ1) is 9.60. The topological polar surface area (TPSA) is 87.1 Å². The highest BCUT2D eigenvalue weighted by molar-refractivity contribution is 5.72. The molecule has 0 aromatic heterocycles. The molecule has 1 aliphatic heterocycles. The van der Waals surface area contributed by atoms with Crippen molar-refractivity contribution in [3.05, 3.63) is 11.6 Å². The van der Waals surface area contributed by atoms with Crippen LogP contribution >= 0.6 is 0 Å². The minimum absolute atomic E-state index is 0.0473. The lowest BCUT2D eigenvalue weighted by atomic mass is 9.88. The second-order valence-corrected chi connectivity index (χ2v) is 6.09. The van der Waals surface area contributed by atoms with Crippen LogP contribution in [0, 0.1) is 0 Å². The average Bonchev–Trinajstić information content (AvgIpc) is 2.48. The smallest absolute Gasteiger partial charge is 0.412 e. The van der Waals surface area contributed by atoms with Gasteiger partial charge < -0.3 is 14.9 Å². The number of nitrogens with zero attached hydrogens (tertiary/aromatic N) is 1. The number of cyclic esters (lactones) is 1. The van der Waals surface area contributed by atoms with Crippen LogP contribution in [0.15, 0.2) is 11.6 Å². The molecule has 1 rings (SSSR count). The summed E-state index contributed by atoms with van der Waals surface area (Å²) in [5.41, 5.74) is -1.28. The molecule has 0 aromatic carbocycles. The zero-order valence-corrected chi connectivity index (χ0v) is 13.2. The van der Waals surface area contributed by atoms with Gasteiger partial charge in [-0.15, -0.1) is 0 Å². The van der Waals surface area contributed by atoms with Crippen molar-refractivity contribution in [2.45, 2.75) is 64.7 Å². The normalized spacial score (nSPS) is 28.4. The molecule has 1 aliphatic rings. The van der Waals surface area contributed by atoms with Crippen LogP contribution in [0.4, 0.5) is 4.79 Å². The van der Waals surface area contributed by atoms with E-state index >= 15 is 0 Å². The highest BCUT2D eigenvalue weighted by Crippen LogP contribution is 2.40. The van der Waals surface area contributed by atoms with Crippen molar-refractivity contribution in [3.8, 4) is 0 Å². The Hall–Kier alpha value is -1.56. The average molecular weight is 299 g/mol. The van der Waals surface area contributed by atoms with E-state index in [0.717, 1.165) is 0 Å². The van der Waals surface area contributed by atoms with Gasteiger partial charge in [0.1, 0.15) is 0 Å². The molecule has 0 aliphatic carbocycles. The SMILES string of the molecule is CC(C)=CCC[C@]1(C)OC(=O)N(CCCC(=O)O)[C@@]1(C)O. The van der Waals surface area contributed by atoms with Crippen molar-refractivity contribution in [3.63, 3.8) is 0 Å². The fourth-order valence-electron chi connectivity index (χ4n) is 2.43. The van der Waals surface area contributed by atoms with Crippen LogP contribution in [0.2, 0.25) is 0 Å². The van der Waals surface area contributed by atoms with E-state index in [-0.39, 0.29) is 19.4 Å². The van der Waals surface area contributed by atoms with Gasteiger partial charge >= 0.3 is 12.1 Å². The third-order valence-electron chi connectivity index (χ3n) is 4.01. The molecule has 0 aromatic rings. The summed E-state index contributed by atoms with van der Waals surface area (Å²) >= 11 is 0. The summed E-state index contributed by atoms with van der Waals surface area (Å²) in [4.78, 5) is 23.7. The number of hydrogen-bond donors (Lipinski definition) is 2. The molecular weight excluding hydrogens is 274 g/mol. The molecule has 1 fully saturated rings. The fraction of sp³-hybridized carbons (Fsp3) is 0.733. The van der Waals surface area contributed by atoms with Crippen LogP contribution < -0.4 is 0 Å². The van der Waals surface area contributed by atoms with Gasteiger partial charge in [0.05, 0.1) is 0 Å². The summed E-state index contributed by atoms with van der Waals surface area (Å²) in [5, 5.41) is 19.3. The van der Waals surface area contributed by atoms with Crippen molar-refractivity contribution in [2.75, 3.05) is 6.54 Å². The Balaban J connectivity index is 2.74. The molecule has 6 heteroatoms. The number of carboxylic acids is 1. The van der Waals surface area contributed by atoms with E-state index in [2.05, 4.69) is 0 Å². The lowest BCUT2D eigenvalue weighted by Crippen LogP contribution is -2.55. The van der Waals surface area contributed by atoms with Gasteiger partial charge in [0, 0.05) is 13.0 Å². The number of carbonyl (C=O) groups excluding carboxylic acids is 1. The summed E-state index contributed by atoms with van der Waals surface area (Å²) in [5.74, 6) is -0.923. The van der Waals surface area contributed by atoms with Crippen LogP contribution in [-0.4, -0.2) is 45.0 Å². The summed E-state index contributed by atoms with van der Waals surface area (Å²) in [6, 6.07) is 0. The van der Waals surface area contributed by atoms with Crippen LogP contribution in [0.3, 0.4) is 0 Å². The zero-order valence-electron chi connectivity index (χ0n) is 13.2. The Kier molecular flexibility index (Phi) is 5.39. The minimum Gasteiger partial charge on any atom is -0.481 e. The second kappa shape index (κ2) is 6.47. The number of hydrogen-bond acceptors (Lipinski definition) is 4. The maximum Gasteiger partial charge on any atom is 0.412 e. The number of carboxylic acid groups (broad SMARTS) is 1. The second-order valence-electron chi connectivity index (χ2n) is 6.09. The van der Waals surface area contributed by atoms with E-state index in [1.165, 1.54) is 10.5 Å². The summed E-state index contributed by atoms with van der Waals surface area (Å²) in [6.07, 6.45) is 2.88. The molecule has 1 saturated heterocycles. The zero-order chi connectivity index (χ0) is 16.3. The molecule has 1 heterocycles. The Labute approximate surface area is 125 Å². The molecule has 0 spiro atoms. The van der Waals surface area contributed by atoms with Gasteiger partial charge in [-0.25, -0.2) is 4.79 Å². The van der Waals surface area contributed by atoms with Crippen molar-refractivity contribution in [1.82, 2.24) is 4.90 Å². The van der Waals surface area contributed by atoms with Crippen molar-refractivity contribution in [2.24, 2.45) is 0 Å². The van der Waals surface area contributed by atoms with Gasteiger partial charge in [-0.2, -0.15) is 0 Å². The van der Waals surface area contributed by atoms with Gasteiger partial charge in [0.15, 0.2) is 11.3 Å². The lowest BCUT2D eigenvalue weighted by Gasteiger charge is -2.37. The van der Waals surface area contributed by atoms with E-state index in [0.29, 0.717) is 12.8 Å². The Morgan fingerprint density at radius 2 is 2.00 bits per heavy atom. The molecule has 0 saturated carbocycles. The lowest BCUT2D eigenvalue weighted by molar-refractivity contribution is -0.142. The van der Waals surface area contributed by atoms with Crippen LogP contribution in [0.1, 0.15) is 53.4 Å². The number of allylic oxidation sites excluding steroid dienone is 2. The first-order valence-electron chi connectivity index (χ1n) is 7.18. The maximum absolute atomic E-state index is 12.0. The maximum atomic E-state index is 12.0. The van der Waals surface area contributed by atoms with Gasteiger partial charge in [-0.1, -0.05) is 11.6 Å². The Morgan fingerprint density at radius 1 is 1.38 bits per heavy atom. The number of amides is 1. The molecule has 6 nitrogen and oxygen atoms in total. The van der Waals surface area contributed by atoms with E-state index in [9.17, 15) is 14.7 Å². The third kappa shape index (κ3) is 3.97. The monoisotopic (exact) mass is 299 g/mol. The molecule has 2 N–H and O–H groups in total. The summed E-state index contributed by atoms with van der Waals surface area (Å²) in [6.45, 7) is 7.39. The highest BCUT2D eigenvalue weighted by Gasteiger charge is 2.58. The van der Waals surface area contributed by atoms with Crippen LogP contribution in [0.25, 0.3) is 0 Å². The van der Waals surface area contributed by atoms with Gasteiger partial charge in [0.2, 0.25) is 0 Å². The quantitative estimate of drug-likeness (QED) is 0.705. The fourth-order valence-corrected chi connectivity index (χ4v) is 2.43. The number of rotatable bonds is 7. The molecule has 0 radical (unpaired) electrons. The molecule has 21 heavy (non-hydrogen) atoms. The van der Waals surface area contributed by atoms with Crippen LogP contribution in [-0.2, 0) is 9.53 Å². The molecule has 2 atom stereocenters.